The van der Waals surface area contributed by atoms with Gasteiger partial charge in [0.05, 0.1) is 24.3 Å². The van der Waals surface area contributed by atoms with Crippen molar-refractivity contribution in [2.45, 2.75) is 33.1 Å². The van der Waals surface area contributed by atoms with Gasteiger partial charge in [-0.05, 0) is 73.7 Å². The van der Waals surface area contributed by atoms with Crippen LogP contribution in [0.2, 0.25) is 0 Å². The minimum atomic E-state index is -0.488. The Bertz CT molecular complexity index is 765. The average molecular weight is 400 g/mol. The van der Waals surface area contributed by atoms with Gasteiger partial charge in [-0.25, -0.2) is 9.59 Å². The number of ether oxygens (including phenoxy) is 3. The van der Waals surface area contributed by atoms with Crippen LogP contribution in [-0.4, -0.2) is 36.9 Å². The average Bonchev–Trinajstić information content (AvgIpc) is 2.72. The molecule has 29 heavy (non-hydrogen) atoms. The van der Waals surface area contributed by atoms with Gasteiger partial charge in [0.2, 0.25) is 0 Å². The molecule has 2 rings (SSSR count). The lowest BCUT2D eigenvalue weighted by Gasteiger charge is -2.09. The number of unbranched alkanes of at least 4 members (excludes halogenated alkanes) is 1. The summed E-state index contributed by atoms with van der Waals surface area (Å²) in [5.41, 5.74) is 0.783. The molecule has 0 aliphatic rings. The monoisotopic (exact) mass is 400 g/mol. The SMILES string of the molecule is CC(C)CCOc1ccc(C(=O)Oc2ccc(C(=O)OCCCCO)cc2)cc1. The Kier molecular flexibility index (Phi) is 9.18. The van der Waals surface area contributed by atoms with E-state index in [2.05, 4.69) is 13.8 Å². The number of rotatable bonds is 11. The maximum Gasteiger partial charge on any atom is 0.343 e. The van der Waals surface area contributed by atoms with E-state index >= 15 is 0 Å². The van der Waals surface area contributed by atoms with Crippen molar-refractivity contribution in [1.29, 1.82) is 0 Å². The number of carbonyl (C=O) groups is 2. The van der Waals surface area contributed by atoms with Gasteiger partial charge in [0.15, 0.2) is 0 Å². The molecule has 0 aromatic heterocycles. The third-order valence-electron chi connectivity index (χ3n) is 4.14. The third kappa shape index (κ3) is 7.95. The first kappa shape index (κ1) is 22.4. The fourth-order valence-electron chi connectivity index (χ4n) is 2.39. The lowest BCUT2D eigenvalue weighted by Crippen LogP contribution is -2.09. The van der Waals surface area contributed by atoms with Crippen LogP contribution in [0.4, 0.5) is 0 Å². The number of carbonyl (C=O) groups excluding carboxylic acids is 2. The van der Waals surface area contributed by atoms with E-state index in [0.29, 0.717) is 48.0 Å². The topological polar surface area (TPSA) is 82.1 Å². The highest BCUT2D eigenvalue weighted by Crippen LogP contribution is 2.17. The van der Waals surface area contributed by atoms with E-state index in [1.807, 2.05) is 0 Å². The van der Waals surface area contributed by atoms with E-state index in [0.717, 1.165) is 6.42 Å². The molecule has 0 saturated carbocycles. The van der Waals surface area contributed by atoms with E-state index in [4.69, 9.17) is 19.3 Å². The molecule has 0 saturated heterocycles. The molecule has 1 N–H and O–H groups in total. The minimum absolute atomic E-state index is 0.0749. The van der Waals surface area contributed by atoms with Crippen molar-refractivity contribution in [3.05, 3.63) is 59.7 Å². The van der Waals surface area contributed by atoms with Crippen molar-refractivity contribution < 1.29 is 28.9 Å². The van der Waals surface area contributed by atoms with Gasteiger partial charge in [-0.2, -0.15) is 0 Å². The predicted octanol–water partition coefficient (Wildman–Crippen LogP) is 4.26. The third-order valence-corrected chi connectivity index (χ3v) is 4.14. The van der Waals surface area contributed by atoms with Crippen molar-refractivity contribution in [3.63, 3.8) is 0 Å². The van der Waals surface area contributed by atoms with Crippen molar-refractivity contribution in [2.75, 3.05) is 19.8 Å². The summed E-state index contributed by atoms with van der Waals surface area (Å²) in [5.74, 6) is 0.684. The molecule has 0 radical (unpaired) electrons. The van der Waals surface area contributed by atoms with Gasteiger partial charge in [0.1, 0.15) is 11.5 Å². The van der Waals surface area contributed by atoms with Crippen molar-refractivity contribution in [2.24, 2.45) is 5.92 Å². The van der Waals surface area contributed by atoms with Gasteiger partial charge < -0.3 is 19.3 Å². The molecule has 6 nitrogen and oxygen atoms in total. The number of aliphatic hydroxyl groups is 1. The highest BCUT2D eigenvalue weighted by molar-refractivity contribution is 5.92. The molecule has 0 unspecified atom stereocenters. The number of hydrogen-bond donors (Lipinski definition) is 1. The number of esters is 2. The molecule has 2 aromatic rings. The predicted molar refractivity (Wildman–Crippen MR) is 109 cm³/mol. The Balaban J connectivity index is 1.84. The van der Waals surface area contributed by atoms with E-state index in [9.17, 15) is 9.59 Å². The lowest BCUT2D eigenvalue weighted by atomic mass is 10.1. The maximum atomic E-state index is 12.3. The van der Waals surface area contributed by atoms with E-state index in [1.165, 1.54) is 0 Å². The van der Waals surface area contributed by atoms with Crippen LogP contribution in [0.1, 0.15) is 53.8 Å². The summed E-state index contributed by atoms with van der Waals surface area (Å²) >= 11 is 0. The molecule has 2 aromatic carbocycles. The first-order valence-electron chi connectivity index (χ1n) is 9.82. The van der Waals surface area contributed by atoms with Gasteiger partial charge in [-0.1, -0.05) is 13.8 Å². The summed E-state index contributed by atoms with van der Waals surface area (Å²) in [6, 6.07) is 13.0. The summed E-state index contributed by atoms with van der Waals surface area (Å²) in [6.45, 7) is 5.24. The second-order valence-electron chi connectivity index (χ2n) is 7.04. The molecule has 0 fully saturated rings. The zero-order chi connectivity index (χ0) is 21.1. The molecular weight excluding hydrogens is 372 g/mol. The van der Waals surface area contributed by atoms with Crippen LogP contribution < -0.4 is 9.47 Å². The van der Waals surface area contributed by atoms with Gasteiger partial charge >= 0.3 is 11.9 Å². The highest BCUT2D eigenvalue weighted by atomic mass is 16.5. The van der Waals surface area contributed by atoms with E-state index < -0.39 is 11.9 Å². The molecule has 0 aliphatic carbocycles. The molecule has 0 amide bonds. The van der Waals surface area contributed by atoms with Crippen LogP contribution in [0.15, 0.2) is 48.5 Å². The van der Waals surface area contributed by atoms with Gasteiger partial charge in [-0.3, -0.25) is 0 Å². The first-order valence-corrected chi connectivity index (χ1v) is 9.82. The molecule has 0 bridgehead atoms. The standard InChI is InChI=1S/C23H28O6/c1-17(2)13-16-27-20-9-5-19(6-10-20)23(26)29-21-11-7-18(8-12-21)22(25)28-15-4-3-14-24/h5-12,17,24H,3-4,13-16H2,1-2H3. The van der Waals surface area contributed by atoms with Crippen LogP contribution in [0.25, 0.3) is 0 Å². The Morgan fingerprint density at radius 1 is 0.828 bits per heavy atom. The van der Waals surface area contributed by atoms with Crippen LogP contribution >= 0.6 is 0 Å². The van der Waals surface area contributed by atoms with E-state index in [1.54, 1.807) is 48.5 Å². The molecule has 6 heteroatoms. The smallest absolute Gasteiger partial charge is 0.343 e. The van der Waals surface area contributed by atoms with Crippen LogP contribution in [-0.2, 0) is 4.74 Å². The molecular formula is C23H28O6. The summed E-state index contributed by atoms with van der Waals surface area (Å²) in [5, 5.41) is 8.71. The Morgan fingerprint density at radius 2 is 1.41 bits per heavy atom. The minimum Gasteiger partial charge on any atom is -0.494 e. The largest absolute Gasteiger partial charge is 0.494 e. The lowest BCUT2D eigenvalue weighted by molar-refractivity contribution is 0.0492. The molecule has 0 atom stereocenters. The van der Waals surface area contributed by atoms with Crippen LogP contribution in [0, 0.1) is 5.92 Å². The summed E-state index contributed by atoms with van der Waals surface area (Å²) in [7, 11) is 0. The Labute approximate surface area is 171 Å². The number of hydrogen-bond acceptors (Lipinski definition) is 6. The second kappa shape index (κ2) is 11.9. The maximum absolute atomic E-state index is 12.3. The summed E-state index contributed by atoms with van der Waals surface area (Å²) in [6.07, 6.45) is 2.17. The zero-order valence-corrected chi connectivity index (χ0v) is 16.9. The Hall–Kier alpha value is -2.86. The quantitative estimate of drug-likeness (QED) is 0.345. The normalized spacial score (nSPS) is 10.6. The molecule has 0 spiro atoms. The zero-order valence-electron chi connectivity index (χ0n) is 16.9. The summed E-state index contributed by atoms with van der Waals surface area (Å²) < 4.78 is 16.1. The molecule has 156 valence electrons. The molecule has 0 heterocycles. The van der Waals surface area contributed by atoms with Gasteiger partial charge in [-0.15, -0.1) is 0 Å². The number of aliphatic hydroxyl groups excluding tert-OH is 1. The van der Waals surface area contributed by atoms with Crippen molar-refractivity contribution in [1.82, 2.24) is 0 Å². The van der Waals surface area contributed by atoms with Gasteiger partial charge in [0.25, 0.3) is 0 Å². The van der Waals surface area contributed by atoms with Crippen molar-refractivity contribution in [3.8, 4) is 11.5 Å². The van der Waals surface area contributed by atoms with Crippen molar-refractivity contribution >= 4 is 11.9 Å². The fourth-order valence-corrected chi connectivity index (χ4v) is 2.39. The second-order valence-corrected chi connectivity index (χ2v) is 7.04. The summed E-state index contributed by atoms with van der Waals surface area (Å²) in [4.78, 5) is 24.2. The number of benzene rings is 2. The highest BCUT2D eigenvalue weighted by Gasteiger charge is 2.11. The van der Waals surface area contributed by atoms with Gasteiger partial charge in [0, 0.05) is 6.61 Å². The Morgan fingerprint density at radius 3 is 2.00 bits per heavy atom. The van der Waals surface area contributed by atoms with Crippen LogP contribution in [0.5, 0.6) is 11.5 Å². The molecule has 0 aliphatic heterocycles. The van der Waals surface area contributed by atoms with Crippen LogP contribution in [0.3, 0.4) is 0 Å². The fraction of sp³-hybridized carbons (Fsp3) is 0.391. The van der Waals surface area contributed by atoms with E-state index in [-0.39, 0.29) is 13.2 Å². The first-order chi connectivity index (χ1) is 14.0.